The molecule has 3 rings (SSSR count). The number of nitrogens with zero attached hydrogens (tertiary/aromatic N) is 2. The van der Waals surface area contributed by atoms with Gasteiger partial charge in [-0.2, -0.15) is 0 Å². The quantitative estimate of drug-likeness (QED) is 0.658. The van der Waals surface area contributed by atoms with E-state index in [1.165, 1.54) is 0 Å². The van der Waals surface area contributed by atoms with E-state index in [4.69, 9.17) is 0 Å². The van der Waals surface area contributed by atoms with Crippen LogP contribution in [0.4, 0.5) is 0 Å². The first-order valence-corrected chi connectivity index (χ1v) is 7.26. The maximum atomic E-state index is 4.42. The van der Waals surface area contributed by atoms with Crippen LogP contribution >= 0.6 is 31.9 Å². The summed E-state index contributed by atoms with van der Waals surface area (Å²) in [6, 6.07) is 15.7. The van der Waals surface area contributed by atoms with E-state index in [-0.39, 0.29) is 0 Å². The summed E-state index contributed by atoms with van der Waals surface area (Å²) in [7, 11) is 0. The number of aromatic nitrogens is 3. The molecule has 0 aliphatic heterocycles. The Morgan fingerprint density at radius 3 is 1.58 bits per heavy atom. The van der Waals surface area contributed by atoms with Crippen molar-refractivity contribution in [2.75, 3.05) is 0 Å². The lowest BCUT2D eigenvalue weighted by atomic mass is 10.3. The van der Waals surface area contributed by atoms with Crippen molar-refractivity contribution in [2.24, 2.45) is 0 Å². The van der Waals surface area contributed by atoms with E-state index in [0.29, 0.717) is 0 Å². The zero-order valence-electron chi connectivity index (χ0n) is 9.77. The Bertz CT molecular complexity index is 662. The molecular formula is C14H9Br2N3. The van der Waals surface area contributed by atoms with Crippen molar-refractivity contribution in [1.82, 2.24) is 15.0 Å². The largest absolute Gasteiger partial charge is 0.352 e. The molecule has 0 fully saturated rings. The maximum Gasteiger partial charge on any atom is 0.106 e. The highest BCUT2D eigenvalue weighted by Crippen LogP contribution is 2.24. The van der Waals surface area contributed by atoms with Crippen LogP contribution in [-0.4, -0.2) is 15.0 Å². The topological polar surface area (TPSA) is 41.6 Å². The van der Waals surface area contributed by atoms with Crippen molar-refractivity contribution in [3.8, 4) is 22.8 Å². The predicted molar refractivity (Wildman–Crippen MR) is 82.7 cm³/mol. The number of nitrogens with one attached hydrogen (secondary N) is 1. The second-order valence-corrected chi connectivity index (χ2v) is 5.60. The molecule has 1 N–H and O–H groups in total. The molecule has 3 nitrogen and oxygen atoms in total. The van der Waals surface area contributed by atoms with Gasteiger partial charge in [0, 0.05) is 0 Å². The Labute approximate surface area is 127 Å². The van der Waals surface area contributed by atoms with E-state index in [1.807, 2.05) is 48.5 Å². The smallest absolute Gasteiger partial charge is 0.106 e. The molecular weight excluding hydrogens is 370 g/mol. The van der Waals surface area contributed by atoms with Crippen LogP contribution in [0.1, 0.15) is 0 Å². The van der Waals surface area contributed by atoms with Crippen molar-refractivity contribution >= 4 is 31.9 Å². The monoisotopic (exact) mass is 377 g/mol. The molecule has 5 heteroatoms. The molecule has 0 atom stereocenters. The summed E-state index contributed by atoms with van der Waals surface area (Å²) in [4.78, 5) is 12.2. The summed E-state index contributed by atoms with van der Waals surface area (Å²) in [5, 5.41) is 0. The first kappa shape index (κ1) is 12.6. The summed E-state index contributed by atoms with van der Waals surface area (Å²) in [5.74, 6) is 0. The average molecular weight is 379 g/mol. The van der Waals surface area contributed by atoms with Crippen LogP contribution in [-0.2, 0) is 0 Å². The van der Waals surface area contributed by atoms with Gasteiger partial charge in [-0.3, -0.25) is 0 Å². The molecule has 3 aromatic heterocycles. The van der Waals surface area contributed by atoms with Gasteiger partial charge in [-0.15, -0.1) is 0 Å². The lowest BCUT2D eigenvalue weighted by Crippen LogP contribution is -1.86. The van der Waals surface area contributed by atoms with Crippen molar-refractivity contribution in [3.05, 3.63) is 57.7 Å². The average Bonchev–Trinajstić information content (AvgIpc) is 2.88. The van der Waals surface area contributed by atoms with E-state index in [0.717, 1.165) is 32.0 Å². The van der Waals surface area contributed by atoms with Gasteiger partial charge in [-0.25, -0.2) is 9.97 Å². The Morgan fingerprint density at radius 1 is 0.684 bits per heavy atom. The first-order valence-electron chi connectivity index (χ1n) is 5.67. The number of hydrogen-bond donors (Lipinski definition) is 1. The normalized spacial score (nSPS) is 10.6. The summed E-state index contributed by atoms with van der Waals surface area (Å²) < 4.78 is 1.64. The van der Waals surface area contributed by atoms with E-state index < -0.39 is 0 Å². The third kappa shape index (κ3) is 2.77. The van der Waals surface area contributed by atoms with Crippen molar-refractivity contribution in [1.29, 1.82) is 0 Å². The summed E-state index contributed by atoms with van der Waals surface area (Å²) in [5.41, 5.74) is 3.74. The molecule has 0 aliphatic rings. The molecule has 0 bridgehead atoms. The summed E-state index contributed by atoms with van der Waals surface area (Å²) in [6.07, 6.45) is 0. The molecule has 3 aromatic rings. The Kier molecular flexibility index (Phi) is 3.48. The van der Waals surface area contributed by atoms with Crippen LogP contribution in [0.5, 0.6) is 0 Å². The highest BCUT2D eigenvalue weighted by molar-refractivity contribution is 9.10. The van der Waals surface area contributed by atoms with Gasteiger partial charge in [0.15, 0.2) is 0 Å². The highest BCUT2D eigenvalue weighted by atomic mass is 79.9. The van der Waals surface area contributed by atoms with Gasteiger partial charge in [0.2, 0.25) is 0 Å². The van der Waals surface area contributed by atoms with Crippen LogP contribution in [0.2, 0.25) is 0 Å². The SMILES string of the molecule is Brc1cccc(-c2ccc(-c3cccc(Br)n3)[nH]2)n1. The van der Waals surface area contributed by atoms with Crippen molar-refractivity contribution in [3.63, 3.8) is 0 Å². The number of H-pyrrole nitrogens is 1. The van der Waals surface area contributed by atoms with E-state index in [2.05, 4.69) is 46.8 Å². The van der Waals surface area contributed by atoms with E-state index >= 15 is 0 Å². The van der Waals surface area contributed by atoms with Crippen LogP contribution in [0, 0.1) is 0 Å². The molecule has 0 amide bonds. The van der Waals surface area contributed by atoms with Gasteiger partial charge in [-0.05, 0) is 68.3 Å². The number of aromatic amines is 1. The number of halogens is 2. The van der Waals surface area contributed by atoms with Gasteiger partial charge in [0.05, 0.1) is 22.8 Å². The summed E-state index contributed by atoms with van der Waals surface area (Å²) in [6.45, 7) is 0. The molecule has 0 spiro atoms. The van der Waals surface area contributed by atoms with Gasteiger partial charge in [-0.1, -0.05) is 12.1 Å². The lowest BCUT2D eigenvalue weighted by molar-refractivity contribution is 1.22. The van der Waals surface area contributed by atoms with E-state index in [9.17, 15) is 0 Å². The Hall–Kier alpha value is -1.46. The molecule has 0 aliphatic carbocycles. The molecule has 3 heterocycles. The molecule has 19 heavy (non-hydrogen) atoms. The molecule has 0 unspecified atom stereocenters. The van der Waals surface area contributed by atoms with Crippen LogP contribution < -0.4 is 0 Å². The molecule has 0 saturated heterocycles. The first-order chi connectivity index (χ1) is 9.22. The number of hydrogen-bond acceptors (Lipinski definition) is 2. The molecule has 0 saturated carbocycles. The van der Waals surface area contributed by atoms with Gasteiger partial charge in [0.25, 0.3) is 0 Å². The standard InChI is InChI=1S/C14H9Br2N3/c15-13-5-1-3-9(18-13)11-7-8-12(17-11)10-4-2-6-14(16)19-10/h1-8,17H. The molecule has 94 valence electrons. The minimum absolute atomic E-state index is 0.821. The fourth-order valence-electron chi connectivity index (χ4n) is 1.81. The maximum absolute atomic E-state index is 4.42. The Balaban J connectivity index is 2.00. The van der Waals surface area contributed by atoms with Crippen molar-refractivity contribution in [2.45, 2.75) is 0 Å². The van der Waals surface area contributed by atoms with Gasteiger partial charge >= 0.3 is 0 Å². The molecule has 0 radical (unpaired) electrons. The lowest BCUT2D eigenvalue weighted by Gasteiger charge is -1.99. The van der Waals surface area contributed by atoms with Crippen LogP contribution in [0.3, 0.4) is 0 Å². The third-order valence-corrected chi connectivity index (χ3v) is 3.55. The predicted octanol–water partition coefficient (Wildman–Crippen LogP) is 4.66. The van der Waals surface area contributed by atoms with Crippen molar-refractivity contribution < 1.29 is 0 Å². The number of pyridine rings is 2. The minimum atomic E-state index is 0.821. The van der Waals surface area contributed by atoms with Crippen LogP contribution in [0.15, 0.2) is 57.7 Å². The Morgan fingerprint density at radius 2 is 1.16 bits per heavy atom. The third-order valence-electron chi connectivity index (χ3n) is 2.67. The zero-order chi connectivity index (χ0) is 13.2. The van der Waals surface area contributed by atoms with Gasteiger partial charge < -0.3 is 4.98 Å². The second kappa shape index (κ2) is 5.27. The molecule has 0 aromatic carbocycles. The fourth-order valence-corrected chi connectivity index (χ4v) is 2.50. The van der Waals surface area contributed by atoms with Gasteiger partial charge in [0.1, 0.15) is 9.21 Å². The van der Waals surface area contributed by atoms with Crippen LogP contribution in [0.25, 0.3) is 22.8 Å². The van der Waals surface area contributed by atoms with E-state index in [1.54, 1.807) is 0 Å². The fraction of sp³-hybridized carbons (Fsp3) is 0. The number of rotatable bonds is 2. The minimum Gasteiger partial charge on any atom is -0.352 e. The zero-order valence-corrected chi connectivity index (χ0v) is 12.9. The summed E-state index contributed by atoms with van der Waals surface area (Å²) >= 11 is 6.75. The highest BCUT2D eigenvalue weighted by Gasteiger charge is 2.06. The second-order valence-electron chi connectivity index (χ2n) is 3.98.